The summed E-state index contributed by atoms with van der Waals surface area (Å²) in [4.78, 5) is 20.8. The Balaban J connectivity index is 1.55. The predicted molar refractivity (Wildman–Crippen MR) is 109 cm³/mol. The third kappa shape index (κ3) is 4.20. The molecule has 1 aliphatic heterocycles. The highest BCUT2D eigenvalue weighted by molar-refractivity contribution is 7.22. The molecule has 0 saturated carbocycles. The van der Waals surface area contributed by atoms with Crippen LogP contribution in [-0.4, -0.2) is 36.1 Å². The minimum Gasteiger partial charge on any atom is -0.398 e. The minimum atomic E-state index is -4.56. The first-order valence-electron chi connectivity index (χ1n) is 9.14. The molecule has 0 radical (unpaired) electrons. The van der Waals surface area contributed by atoms with Crippen LogP contribution >= 0.6 is 11.3 Å². The molecule has 0 spiro atoms. The predicted octanol–water partition coefficient (Wildman–Crippen LogP) is 3.58. The topological polar surface area (TPSA) is 62.5 Å². The number of fused-ring (bicyclic) bond motifs is 1. The average Bonchev–Trinajstić information content (AvgIpc) is 2.69. The molecule has 0 atom stereocenters. The number of rotatable bonds is 3. The van der Waals surface area contributed by atoms with E-state index in [1.807, 2.05) is 23.1 Å². The Morgan fingerprint density at radius 2 is 1.76 bits per heavy atom. The summed E-state index contributed by atoms with van der Waals surface area (Å²) in [5, 5.41) is 0.405. The highest BCUT2D eigenvalue weighted by Gasteiger charge is 2.32. The zero-order valence-electron chi connectivity index (χ0n) is 15.4. The second-order valence-electron chi connectivity index (χ2n) is 6.99. The molecule has 152 valence electrons. The molecular formula is C20H19F3N4OS. The fourth-order valence-corrected chi connectivity index (χ4v) is 4.48. The van der Waals surface area contributed by atoms with Crippen LogP contribution in [0.15, 0.2) is 47.3 Å². The van der Waals surface area contributed by atoms with Crippen molar-refractivity contribution in [2.24, 2.45) is 0 Å². The van der Waals surface area contributed by atoms with Crippen LogP contribution in [0.3, 0.4) is 0 Å². The molecule has 5 nitrogen and oxygen atoms in total. The van der Waals surface area contributed by atoms with E-state index in [9.17, 15) is 18.0 Å². The van der Waals surface area contributed by atoms with Crippen LogP contribution in [0.1, 0.15) is 11.1 Å². The normalized spacial score (nSPS) is 15.8. The third-order valence-electron chi connectivity index (χ3n) is 4.96. The maximum atomic E-state index is 13.0. The van der Waals surface area contributed by atoms with Gasteiger partial charge in [-0.2, -0.15) is 18.2 Å². The van der Waals surface area contributed by atoms with Crippen LogP contribution < -0.4 is 16.2 Å². The minimum absolute atomic E-state index is 0.0525. The number of nitrogen functional groups attached to an aromatic ring is 1. The van der Waals surface area contributed by atoms with Crippen molar-refractivity contribution in [1.29, 1.82) is 0 Å². The molecule has 1 fully saturated rings. The zero-order chi connectivity index (χ0) is 20.6. The molecule has 3 aromatic rings. The molecule has 9 heteroatoms. The van der Waals surface area contributed by atoms with Gasteiger partial charge in [0, 0.05) is 32.7 Å². The monoisotopic (exact) mass is 420 g/mol. The average molecular weight is 420 g/mol. The van der Waals surface area contributed by atoms with Crippen molar-refractivity contribution in [2.45, 2.75) is 12.7 Å². The zero-order valence-corrected chi connectivity index (χ0v) is 16.3. The summed E-state index contributed by atoms with van der Waals surface area (Å²) < 4.78 is 39.4. The number of aromatic nitrogens is 1. The van der Waals surface area contributed by atoms with Crippen molar-refractivity contribution in [3.8, 4) is 0 Å². The molecule has 4 rings (SSSR count). The summed E-state index contributed by atoms with van der Waals surface area (Å²) in [6.07, 6.45) is -4.56. The van der Waals surface area contributed by atoms with Crippen molar-refractivity contribution >= 4 is 32.2 Å². The third-order valence-corrected chi connectivity index (χ3v) is 6.15. The molecule has 1 saturated heterocycles. The molecule has 0 aliphatic carbocycles. The first-order chi connectivity index (χ1) is 13.8. The summed E-state index contributed by atoms with van der Waals surface area (Å²) in [5.74, 6) is 0. The van der Waals surface area contributed by atoms with Gasteiger partial charge in [0.1, 0.15) is 0 Å². The number of benzene rings is 2. The van der Waals surface area contributed by atoms with Gasteiger partial charge < -0.3 is 10.6 Å². The Kier molecular flexibility index (Phi) is 5.18. The van der Waals surface area contributed by atoms with Crippen LogP contribution in [0.25, 0.3) is 10.1 Å². The summed E-state index contributed by atoms with van der Waals surface area (Å²) in [6, 6.07) is 11.9. The van der Waals surface area contributed by atoms with Gasteiger partial charge in [-0.1, -0.05) is 41.7 Å². The van der Waals surface area contributed by atoms with E-state index in [2.05, 4.69) is 22.0 Å². The summed E-state index contributed by atoms with van der Waals surface area (Å²) >= 11 is 1.16. The lowest BCUT2D eigenvalue weighted by Crippen LogP contribution is -2.46. The molecule has 0 amide bonds. The molecule has 1 aromatic heterocycles. The molecule has 2 N–H and O–H groups in total. The van der Waals surface area contributed by atoms with Crippen molar-refractivity contribution in [2.75, 3.05) is 36.8 Å². The first kappa shape index (κ1) is 19.7. The van der Waals surface area contributed by atoms with Gasteiger partial charge in [0.15, 0.2) is 5.13 Å². The fraction of sp³-hybridized carbons (Fsp3) is 0.300. The van der Waals surface area contributed by atoms with Gasteiger partial charge in [0.2, 0.25) is 0 Å². The number of nitrogens with zero attached hydrogens (tertiary/aromatic N) is 3. The van der Waals surface area contributed by atoms with E-state index in [-0.39, 0.29) is 11.1 Å². The molecule has 2 aromatic carbocycles. The van der Waals surface area contributed by atoms with E-state index in [0.717, 1.165) is 43.1 Å². The van der Waals surface area contributed by atoms with Gasteiger partial charge in [-0.3, -0.25) is 9.69 Å². The number of nitrogens with two attached hydrogens (primary N) is 1. The van der Waals surface area contributed by atoms with E-state index in [4.69, 9.17) is 5.73 Å². The second-order valence-corrected chi connectivity index (χ2v) is 7.97. The molecule has 0 bridgehead atoms. The molecular weight excluding hydrogens is 401 g/mol. The fourth-order valence-electron chi connectivity index (χ4n) is 3.42. The second kappa shape index (κ2) is 7.64. The molecule has 0 unspecified atom stereocenters. The summed E-state index contributed by atoms with van der Waals surface area (Å²) in [6.45, 7) is 3.82. The van der Waals surface area contributed by atoms with Crippen LogP contribution in [-0.2, 0) is 12.7 Å². The number of hydrogen-bond acceptors (Lipinski definition) is 6. The van der Waals surface area contributed by atoms with Gasteiger partial charge in [-0.15, -0.1) is 0 Å². The Morgan fingerprint density at radius 1 is 1.07 bits per heavy atom. The van der Waals surface area contributed by atoms with Crippen LogP contribution in [0, 0.1) is 0 Å². The number of alkyl halides is 3. The smallest absolute Gasteiger partial charge is 0.398 e. The number of hydrogen-bond donors (Lipinski definition) is 1. The van der Waals surface area contributed by atoms with Crippen LogP contribution in [0.5, 0.6) is 0 Å². The molecule has 2 heterocycles. The number of halogens is 3. The molecule has 29 heavy (non-hydrogen) atoms. The van der Waals surface area contributed by atoms with E-state index in [0.29, 0.717) is 22.9 Å². The first-order valence-corrected chi connectivity index (χ1v) is 9.96. The summed E-state index contributed by atoms with van der Waals surface area (Å²) in [7, 11) is 0. The van der Waals surface area contributed by atoms with Gasteiger partial charge >= 0.3 is 6.18 Å². The maximum Gasteiger partial charge on any atom is 0.416 e. The van der Waals surface area contributed by atoms with E-state index in [1.165, 1.54) is 5.56 Å². The maximum absolute atomic E-state index is 13.0. The summed E-state index contributed by atoms with van der Waals surface area (Å²) in [5.41, 5.74) is 5.42. The lowest BCUT2D eigenvalue weighted by Gasteiger charge is -2.35. The van der Waals surface area contributed by atoms with Crippen LogP contribution in [0.4, 0.5) is 24.0 Å². The Hall–Kier alpha value is -2.65. The largest absolute Gasteiger partial charge is 0.416 e. The quantitative estimate of drug-likeness (QED) is 0.657. The van der Waals surface area contributed by atoms with Crippen molar-refractivity contribution in [1.82, 2.24) is 9.88 Å². The SMILES string of the molecule is Nc1cc(C(F)(F)F)cc2c(=O)nc(N3CCN(Cc4ccccc4)CC3)sc12. The Morgan fingerprint density at radius 3 is 2.41 bits per heavy atom. The molecule has 1 aliphatic rings. The van der Waals surface area contributed by atoms with Gasteiger partial charge in [-0.25, -0.2) is 0 Å². The van der Waals surface area contributed by atoms with Gasteiger partial charge in [0.05, 0.1) is 21.3 Å². The highest BCUT2D eigenvalue weighted by atomic mass is 32.1. The van der Waals surface area contributed by atoms with Gasteiger partial charge in [0.25, 0.3) is 5.56 Å². The lowest BCUT2D eigenvalue weighted by atomic mass is 10.1. The highest BCUT2D eigenvalue weighted by Crippen LogP contribution is 2.36. The van der Waals surface area contributed by atoms with E-state index < -0.39 is 17.3 Å². The number of piperazine rings is 1. The van der Waals surface area contributed by atoms with E-state index in [1.54, 1.807) is 0 Å². The van der Waals surface area contributed by atoms with Crippen molar-refractivity contribution < 1.29 is 13.2 Å². The lowest BCUT2D eigenvalue weighted by molar-refractivity contribution is -0.137. The van der Waals surface area contributed by atoms with Crippen LogP contribution in [0.2, 0.25) is 0 Å². The van der Waals surface area contributed by atoms with Crippen molar-refractivity contribution in [3.05, 3.63) is 63.9 Å². The van der Waals surface area contributed by atoms with Crippen molar-refractivity contribution in [3.63, 3.8) is 0 Å². The Bertz CT molecular complexity index is 1080. The Labute approximate surface area is 169 Å². The van der Waals surface area contributed by atoms with E-state index >= 15 is 0 Å². The standard InChI is InChI=1S/C20H19F3N4OS/c21-20(22,23)14-10-15-17(16(24)11-14)29-19(25-18(15)28)27-8-6-26(7-9-27)12-13-4-2-1-3-5-13/h1-5,10-11H,6-9,12,24H2. The number of anilines is 2. The van der Waals surface area contributed by atoms with Gasteiger partial charge in [-0.05, 0) is 17.7 Å².